The fourth-order valence-electron chi connectivity index (χ4n) is 4.35. The maximum absolute atomic E-state index is 13.0. The molecular weight excluding hydrogens is 452 g/mol. The lowest BCUT2D eigenvalue weighted by atomic mass is 9.96. The van der Waals surface area contributed by atoms with Crippen molar-refractivity contribution in [3.63, 3.8) is 0 Å². The van der Waals surface area contributed by atoms with E-state index in [1.807, 2.05) is 48.5 Å². The first-order chi connectivity index (χ1) is 16.9. The van der Waals surface area contributed by atoms with E-state index in [0.29, 0.717) is 0 Å². The minimum Gasteiger partial charge on any atom is -0.479 e. The predicted octanol–water partition coefficient (Wildman–Crippen LogP) is 2.93. The van der Waals surface area contributed by atoms with Crippen molar-refractivity contribution in [3.05, 3.63) is 59.7 Å². The molecule has 0 spiro atoms. The molecule has 0 saturated carbocycles. The van der Waals surface area contributed by atoms with E-state index >= 15 is 0 Å². The molecule has 0 fully saturated rings. The van der Waals surface area contributed by atoms with E-state index in [2.05, 4.69) is 10.6 Å². The maximum atomic E-state index is 13.0. The molecule has 0 heterocycles. The topological polar surface area (TPSA) is 123 Å². The van der Waals surface area contributed by atoms with Crippen LogP contribution in [0, 0.1) is 0 Å². The molecule has 0 aromatic heterocycles. The van der Waals surface area contributed by atoms with Gasteiger partial charge in [0.25, 0.3) is 0 Å². The number of hydrogen-bond acceptors (Lipinski definition) is 6. The number of carboxylic acids is 1. The van der Waals surface area contributed by atoms with Crippen LogP contribution in [0.25, 0.3) is 11.1 Å². The summed E-state index contributed by atoms with van der Waals surface area (Å²) in [4.78, 5) is 37.5. The van der Waals surface area contributed by atoms with E-state index in [1.54, 1.807) is 6.92 Å². The van der Waals surface area contributed by atoms with Gasteiger partial charge in [0, 0.05) is 33.2 Å². The van der Waals surface area contributed by atoms with Crippen molar-refractivity contribution in [3.8, 4) is 11.1 Å². The lowest BCUT2D eigenvalue weighted by molar-refractivity contribution is -0.150. The number of methoxy groups -OCH3 is 2. The third-order valence-corrected chi connectivity index (χ3v) is 6.33. The zero-order chi connectivity index (χ0) is 25.4. The normalized spacial score (nSPS) is 14.8. The number of amides is 2. The van der Waals surface area contributed by atoms with Crippen LogP contribution in [-0.2, 0) is 23.8 Å². The highest BCUT2D eigenvalue weighted by Crippen LogP contribution is 2.44. The highest BCUT2D eigenvalue weighted by Gasteiger charge is 2.40. The minimum atomic E-state index is -1.61. The van der Waals surface area contributed by atoms with E-state index in [9.17, 15) is 19.5 Å². The van der Waals surface area contributed by atoms with Crippen molar-refractivity contribution in [1.29, 1.82) is 0 Å². The Morgan fingerprint density at radius 1 is 1.00 bits per heavy atom. The molecule has 2 unspecified atom stereocenters. The molecule has 2 atom stereocenters. The van der Waals surface area contributed by atoms with Crippen molar-refractivity contribution < 1.29 is 33.7 Å². The maximum Gasteiger partial charge on any atom is 0.407 e. The molecule has 0 bridgehead atoms. The van der Waals surface area contributed by atoms with Crippen LogP contribution in [0.4, 0.5) is 4.79 Å². The summed E-state index contributed by atoms with van der Waals surface area (Å²) in [6, 6.07) is 14.9. The van der Waals surface area contributed by atoms with E-state index in [4.69, 9.17) is 14.2 Å². The molecular formula is C26H32N2O7. The summed E-state index contributed by atoms with van der Waals surface area (Å²) in [7, 11) is 2.83. The van der Waals surface area contributed by atoms with Crippen LogP contribution >= 0.6 is 0 Å². The summed E-state index contributed by atoms with van der Waals surface area (Å²) in [5.41, 5.74) is 2.75. The molecule has 0 aliphatic heterocycles. The van der Waals surface area contributed by atoms with E-state index in [0.717, 1.165) is 22.3 Å². The highest BCUT2D eigenvalue weighted by atomic mass is 16.5. The number of alkyl carbamates (subject to hydrolysis) is 1. The van der Waals surface area contributed by atoms with Gasteiger partial charge in [0.15, 0.2) is 5.54 Å². The molecule has 2 aromatic carbocycles. The Bertz CT molecular complexity index is 1010. The first kappa shape index (κ1) is 26.2. The number of nitrogens with one attached hydrogen (secondary N) is 2. The van der Waals surface area contributed by atoms with Gasteiger partial charge in [-0.05, 0) is 28.7 Å². The van der Waals surface area contributed by atoms with Crippen molar-refractivity contribution in [2.75, 3.05) is 34.0 Å². The number of benzene rings is 2. The number of fused-ring (bicyclic) bond motifs is 3. The summed E-state index contributed by atoms with van der Waals surface area (Å²) in [5.74, 6) is -2.00. The number of carbonyl (C=O) groups is 3. The Labute approximate surface area is 204 Å². The lowest BCUT2D eigenvalue weighted by Gasteiger charge is -2.30. The van der Waals surface area contributed by atoms with Crippen molar-refractivity contribution in [2.24, 2.45) is 0 Å². The van der Waals surface area contributed by atoms with E-state index in [1.165, 1.54) is 14.2 Å². The Morgan fingerprint density at radius 2 is 1.60 bits per heavy atom. The minimum absolute atomic E-state index is 0.0934. The average molecular weight is 485 g/mol. The molecule has 9 heteroatoms. The Balaban J connectivity index is 1.69. The molecule has 0 radical (unpaired) electrons. The fourth-order valence-corrected chi connectivity index (χ4v) is 4.35. The van der Waals surface area contributed by atoms with Crippen LogP contribution < -0.4 is 10.6 Å². The summed E-state index contributed by atoms with van der Waals surface area (Å²) in [5, 5.41) is 14.8. The second kappa shape index (κ2) is 11.8. The van der Waals surface area contributed by atoms with Gasteiger partial charge in [0.05, 0.1) is 6.61 Å². The van der Waals surface area contributed by atoms with Gasteiger partial charge in [-0.15, -0.1) is 0 Å². The number of carbonyl (C=O) groups excluding carboxylic acids is 2. The standard InChI is InChI=1S/C26H32N2O7/c1-4-26(16-34-3,24(30)31)28-23(29)22(13-14-33-2)27-25(32)35-15-21-19-11-7-5-9-17(19)18-10-6-8-12-20(18)21/h5-12,21-22H,4,13-16H2,1-3H3,(H,27,32)(H,28,29)(H,30,31). The Morgan fingerprint density at radius 3 is 2.11 bits per heavy atom. The SMILES string of the molecule is CCC(COC)(NC(=O)C(CCOC)NC(=O)OCC1c2ccccc2-c2ccccc21)C(=O)O. The molecule has 9 nitrogen and oxygen atoms in total. The third kappa shape index (κ3) is 5.80. The largest absolute Gasteiger partial charge is 0.479 e. The first-order valence-electron chi connectivity index (χ1n) is 11.5. The van der Waals surface area contributed by atoms with Crippen LogP contribution in [0.15, 0.2) is 48.5 Å². The van der Waals surface area contributed by atoms with Gasteiger partial charge >= 0.3 is 12.1 Å². The first-order valence-corrected chi connectivity index (χ1v) is 11.5. The summed E-state index contributed by atoms with van der Waals surface area (Å²) in [6.45, 7) is 1.69. The van der Waals surface area contributed by atoms with Gasteiger partial charge in [-0.3, -0.25) is 4.79 Å². The van der Waals surface area contributed by atoms with Gasteiger partial charge in [-0.2, -0.15) is 0 Å². The van der Waals surface area contributed by atoms with Gasteiger partial charge in [0.2, 0.25) is 5.91 Å². The number of hydrogen-bond donors (Lipinski definition) is 3. The van der Waals surface area contributed by atoms with Crippen LogP contribution in [0.1, 0.15) is 36.8 Å². The number of rotatable bonds is 12. The molecule has 3 N–H and O–H groups in total. The van der Waals surface area contributed by atoms with Gasteiger partial charge in [-0.25, -0.2) is 9.59 Å². The van der Waals surface area contributed by atoms with Gasteiger partial charge < -0.3 is 30.0 Å². The zero-order valence-electron chi connectivity index (χ0n) is 20.2. The van der Waals surface area contributed by atoms with Crippen LogP contribution in [0.2, 0.25) is 0 Å². The molecule has 35 heavy (non-hydrogen) atoms. The van der Waals surface area contributed by atoms with Crippen molar-refractivity contribution >= 4 is 18.0 Å². The van der Waals surface area contributed by atoms with Crippen LogP contribution in [-0.4, -0.2) is 68.7 Å². The smallest absolute Gasteiger partial charge is 0.407 e. The quantitative estimate of drug-likeness (QED) is 0.423. The average Bonchev–Trinajstić information content (AvgIpc) is 3.18. The fraction of sp³-hybridized carbons (Fsp3) is 0.423. The van der Waals surface area contributed by atoms with Crippen LogP contribution in [0.5, 0.6) is 0 Å². The molecule has 1 aliphatic rings. The van der Waals surface area contributed by atoms with Crippen molar-refractivity contribution in [2.45, 2.75) is 37.3 Å². The van der Waals surface area contributed by atoms with E-state index < -0.39 is 29.6 Å². The second-order valence-corrected chi connectivity index (χ2v) is 8.47. The molecule has 2 aromatic rings. The monoisotopic (exact) mass is 484 g/mol. The Hall–Kier alpha value is -3.43. The number of carboxylic acid groups (broad SMARTS) is 1. The molecule has 1 aliphatic carbocycles. The van der Waals surface area contributed by atoms with E-state index in [-0.39, 0.29) is 38.6 Å². The Kier molecular flexibility index (Phi) is 8.84. The molecule has 3 rings (SSSR count). The lowest BCUT2D eigenvalue weighted by Crippen LogP contribution is -2.61. The summed E-state index contributed by atoms with van der Waals surface area (Å²) in [6.07, 6.45) is -0.532. The van der Waals surface area contributed by atoms with Crippen molar-refractivity contribution in [1.82, 2.24) is 10.6 Å². The summed E-state index contributed by atoms with van der Waals surface area (Å²) < 4.78 is 15.6. The molecule has 2 amide bonds. The van der Waals surface area contributed by atoms with Crippen LogP contribution in [0.3, 0.4) is 0 Å². The van der Waals surface area contributed by atoms with Gasteiger partial charge in [0.1, 0.15) is 12.6 Å². The number of ether oxygens (including phenoxy) is 3. The zero-order valence-corrected chi connectivity index (χ0v) is 20.2. The number of aliphatic carboxylic acids is 1. The highest BCUT2D eigenvalue weighted by molar-refractivity contribution is 5.91. The summed E-state index contributed by atoms with van der Waals surface area (Å²) >= 11 is 0. The third-order valence-electron chi connectivity index (χ3n) is 6.33. The molecule has 0 saturated heterocycles. The van der Waals surface area contributed by atoms with Gasteiger partial charge in [-0.1, -0.05) is 55.5 Å². The molecule has 188 valence electrons. The predicted molar refractivity (Wildman–Crippen MR) is 129 cm³/mol. The second-order valence-electron chi connectivity index (χ2n) is 8.47.